The average Bonchev–Trinajstić information content (AvgIpc) is 3.20. The Morgan fingerprint density at radius 2 is 1.90 bits per heavy atom. The molecule has 0 bridgehead atoms. The van der Waals surface area contributed by atoms with Gasteiger partial charge < -0.3 is 14.6 Å². The molecule has 1 amide bonds. The highest BCUT2D eigenvalue weighted by atomic mass is 32.2. The van der Waals surface area contributed by atoms with Crippen LogP contribution in [0.15, 0.2) is 57.9 Å². The summed E-state index contributed by atoms with van der Waals surface area (Å²) in [4.78, 5) is 20.3. The lowest BCUT2D eigenvalue weighted by atomic mass is 10.1. The molecule has 8 heteroatoms. The van der Waals surface area contributed by atoms with Crippen LogP contribution in [0.5, 0.6) is 0 Å². The van der Waals surface area contributed by atoms with E-state index < -0.39 is 0 Å². The van der Waals surface area contributed by atoms with Crippen molar-refractivity contribution < 1.29 is 14.1 Å². The molecule has 3 aromatic rings. The number of carbonyl (C=O) groups is 1. The number of morpholine rings is 1. The van der Waals surface area contributed by atoms with Crippen LogP contribution in [-0.4, -0.2) is 47.3 Å². The first-order valence-electron chi connectivity index (χ1n) is 9.89. The molecule has 2 aromatic carbocycles. The number of nitrogens with zero attached hydrogens (tertiary/aromatic N) is 3. The Bertz CT molecular complexity index is 984. The van der Waals surface area contributed by atoms with Gasteiger partial charge in [0.05, 0.1) is 24.5 Å². The molecule has 1 aromatic heterocycles. The maximum absolute atomic E-state index is 12.9. The maximum Gasteiger partial charge on any atom is 0.256 e. The number of amides is 1. The molecule has 0 spiro atoms. The average molecular weight is 425 g/mol. The number of thioether (sulfide) groups is 1. The number of aryl methyl sites for hydroxylation is 1. The lowest BCUT2D eigenvalue weighted by molar-refractivity contribution is 0.0342. The predicted octanol–water partition coefficient (Wildman–Crippen LogP) is 3.75. The Balaban J connectivity index is 1.37. The van der Waals surface area contributed by atoms with E-state index in [2.05, 4.69) is 32.5 Å². The van der Waals surface area contributed by atoms with E-state index in [1.807, 2.05) is 36.4 Å². The highest BCUT2D eigenvalue weighted by Gasteiger charge is 2.14. The summed E-state index contributed by atoms with van der Waals surface area (Å²) in [6.45, 7) is 6.17. The number of hydrogen-bond acceptors (Lipinski definition) is 7. The molecule has 4 rings (SSSR count). The van der Waals surface area contributed by atoms with E-state index in [-0.39, 0.29) is 5.91 Å². The molecule has 0 radical (unpaired) electrons. The quantitative estimate of drug-likeness (QED) is 0.579. The predicted molar refractivity (Wildman–Crippen MR) is 116 cm³/mol. The molecular formula is C22H24N4O3S. The van der Waals surface area contributed by atoms with Crippen LogP contribution in [0.1, 0.15) is 27.6 Å². The molecule has 1 aliphatic heterocycles. The van der Waals surface area contributed by atoms with Gasteiger partial charge in [-0.2, -0.15) is 4.98 Å². The Morgan fingerprint density at radius 1 is 1.13 bits per heavy atom. The molecule has 30 heavy (non-hydrogen) atoms. The standard InChI is InChI=1S/C22H24N4O3S/c1-16-23-21(29-25-16)15-30-20-5-3-2-4-19(20)22(27)24-18-8-6-17(7-9-18)14-26-10-12-28-13-11-26/h2-9H,10-15H2,1H3,(H,24,27). The molecule has 0 aliphatic carbocycles. The molecule has 0 atom stereocenters. The number of aromatic nitrogens is 2. The van der Waals surface area contributed by atoms with Gasteiger partial charge in [-0.05, 0) is 36.8 Å². The van der Waals surface area contributed by atoms with Crippen molar-refractivity contribution in [3.8, 4) is 0 Å². The molecular weight excluding hydrogens is 400 g/mol. The normalized spacial score (nSPS) is 14.6. The van der Waals surface area contributed by atoms with Gasteiger partial charge in [0.25, 0.3) is 5.91 Å². The zero-order valence-corrected chi connectivity index (χ0v) is 17.7. The highest BCUT2D eigenvalue weighted by Crippen LogP contribution is 2.26. The number of nitrogens with one attached hydrogen (secondary N) is 1. The number of rotatable bonds is 7. The van der Waals surface area contributed by atoms with E-state index in [1.165, 1.54) is 17.3 Å². The van der Waals surface area contributed by atoms with Gasteiger partial charge in [0, 0.05) is 30.2 Å². The van der Waals surface area contributed by atoms with E-state index in [4.69, 9.17) is 9.26 Å². The van der Waals surface area contributed by atoms with E-state index in [0.717, 1.165) is 43.4 Å². The van der Waals surface area contributed by atoms with Crippen LogP contribution in [0, 0.1) is 6.92 Å². The minimum Gasteiger partial charge on any atom is -0.379 e. The van der Waals surface area contributed by atoms with Crippen molar-refractivity contribution in [2.24, 2.45) is 0 Å². The zero-order chi connectivity index (χ0) is 20.8. The number of hydrogen-bond donors (Lipinski definition) is 1. The molecule has 156 valence electrons. The summed E-state index contributed by atoms with van der Waals surface area (Å²) in [5.74, 6) is 1.53. The largest absolute Gasteiger partial charge is 0.379 e. The van der Waals surface area contributed by atoms with Crippen molar-refractivity contribution in [1.29, 1.82) is 0 Å². The van der Waals surface area contributed by atoms with Gasteiger partial charge in [0.15, 0.2) is 5.82 Å². The second-order valence-corrected chi connectivity index (χ2v) is 8.08. The van der Waals surface area contributed by atoms with Gasteiger partial charge in [-0.3, -0.25) is 9.69 Å². The van der Waals surface area contributed by atoms with E-state index >= 15 is 0 Å². The van der Waals surface area contributed by atoms with Gasteiger partial charge >= 0.3 is 0 Å². The topological polar surface area (TPSA) is 80.5 Å². The number of ether oxygens (including phenoxy) is 1. The van der Waals surface area contributed by atoms with E-state index in [0.29, 0.717) is 23.0 Å². The number of benzene rings is 2. The summed E-state index contributed by atoms with van der Waals surface area (Å²) >= 11 is 1.50. The third-order valence-corrected chi connectivity index (χ3v) is 5.83. The number of anilines is 1. The van der Waals surface area contributed by atoms with Crippen LogP contribution in [0.4, 0.5) is 5.69 Å². The minimum atomic E-state index is -0.138. The summed E-state index contributed by atoms with van der Waals surface area (Å²) in [5, 5.41) is 6.79. The smallest absolute Gasteiger partial charge is 0.256 e. The van der Waals surface area contributed by atoms with Crippen LogP contribution in [0.2, 0.25) is 0 Å². The molecule has 2 heterocycles. The monoisotopic (exact) mass is 424 g/mol. The first-order valence-corrected chi connectivity index (χ1v) is 10.9. The fourth-order valence-electron chi connectivity index (χ4n) is 3.23. The van der Waals surface area contributed by atoms with Crippen LogP contribution in [0.25, 0.3) is 0 Å². The Hall–Kier alpha value is -2.68. The molecule has 1 aliphatic rings. The lowest BCUT2D eigenvalue weighted by Gasteiger charge is -2.26. The molecule has 7 nitrogen and oxygen atoms in total. The Kier molecular flexibility index (Phi) is 6.78. The van der Waals surface area contributed by atoms with Crippen LogP contribution < -0.4 is 5.32 Å². The zero-order valence-electron chi connectivity index (χ0n) is 16.8. The Morgan fingerprint density at radius 3 is 2.63 bits per heavy atom. The second-order valence-electron chi connectivity index (χ2n) is 7.06. The molecule has 1 saturated heterocycles. The van der Waals surface area contributed by atoms with E-state index in [9.17, 15) is 4.79 Å². The molecule has 1 N–H and O–H groups in total. The highest BCUT2D eigenvalue weighted by molar-refractivity contribution is 7.98. The SMILES string of the molecule is Cc1noc(CSc2ccccc2C(=O)Nc2ccc(CN3CCOCC3)cc2)n1. The van der Waals surface area contributed by atoms with Gasteiger partial charge in [-0.25, -0.2) is 0 Å². The van der Waals surface area contributed by atoms with E-state index in [1.54, 1.807) is 6.92 Å². The van der Waals surface area contributed by atoms with Crippen molar-refractivity contribution in [3.05, 3.63) is 71.4 Å². The fraction of sp³-hybridized carbons (Fsp3) is 0.318. The maximum atomic E-state index is 12.9. The Labute approximate surface area is 179 Å². The summed E-state index contributed by atoms with van der Waals surface area (Å²) in [7, 11) is 0. The van der Waals surface area contributed by atoms with Crippen LogP contribution in [-0.2, 0) is 17.0 Å². The fourth-order valence-corrected chi connectivity index (χ4v) is 4.11. The third kappa shape index (κ3) is 5.47. The van der Waals surface area contributed by atoms with Crippen molar-refractivity contribution >= 4 is 23.4 Å². The third-order valence-electron chi connectivity index (χ3n) is 4.77. The first-order chi connectivity index (χ1) is 14.7. The summed E-state index contributed by atoms with van der Waals surface area (Å²) in [5.41, 5.74) is 2.62. The molecule has 0 unspecified atom stereocenters. The van der Waals surface area contributed by atoms with Crippen molar-refractivity contribution in [2.45, 2.75) is 24.1 Å². The van der Waals surface area contributed by atoms with Crippen LogP contribution in [0.3, 0.4) is 0 Å². The van der Waals surface area contributed by atoms with Gasteiger partial charge in [-0.15, -0.1) is 11.8 Å². The van der Waals surface area contributed by atoms with Crippen molar-refractivity contribution in [1.82, 2.24) is 15.0 Å². The number of carbonyl (C=O) groups excluding carboxylic acids is 1. The van der Waals surface area contributed by atoms with Gasteiger partial charge in [-0.1, -0.05) is 29.4 Å². The van der Waals surface area contributed by atoms with Crippen molar-refractivity contribution in [3.63, 3.8) is 0 Å². The minimum absolute atomic E-state index is 0.138. The summed E-state index contributed by atoms with van der Waals surface area (Å²) < 4.78 is 10.5. The van der Waals surface area contributed by atoms with Gasteiger partial charge in [0.1, 0.15) is 0 Å². The summed E-state index contributed by atoms with van der Waals surface area (Å²) in [6.07, 6.45) is 0. The second kappa shape index (κ2) is 9.88. The van der Waals surface area contributed by atoms with Gasteiger partial charge in [0.2, 0.25) is 5.89 Å². The lowest BCUT2D eigenvalue weighted by Crippen LogP contribution is -2.35. The first kappa shape index (κ1) is 20.6. The summed E-state index contributed by atoms with van der Waals surface area (Å²) in [6, 6.07) is 15.5. The molecule has 1 fully saturated rings. The van der Waals surface area contributed by atoms with Crippen LogP contribution >= 0.6 is 11.8 Å². The van der Waals surface area contributed by atoms with Crippen molar-refractivity contribution in [2.75, 3.05) is 31.6 Å². The molecule has 0 saturated carbocycles.